The van der Waals surface area contributed by atoms with Crippen LogP contribution in [-0.2, 0) is 0 Å². The molecule has 2 heteroatoms. The van der Waals surface area contributed by atoms with Gasteiger partial charge in [-0.3, -0.25) is 4.90 Å². The van der Waals surface area contributed by atoms with Crippen molar-refractivity contribution in [3.63, 3.8) is 0 Å². The van der Waals surface area contributed by atoms with Crippen molar-refractivity contribution in [2.45, 2.75) is 44.2 Å². The third-order valence-corrected chi connectivity index (χ3v) is 3.71. The molecule has 0 spiro atoms. The molecule has 1 unspecified atom stereocenters. The number of nitrogens with zero attached hydrogens (tertiary/aromatic N) is 1. The van der Waals surface area contributed by atoms with E-state index in [1.807, 2.05) is 0 Å². The molecule has 2 nitrogen and oxygen atoms in total. The Balaban J connectivity index is 2.00. The Hall–Kier alpha value is -0.0800. The van der Waals surface area contributed by atoms with E-state index >= 15 is 0 Å². The van der Waals surface area contributed by atoms with Gasteiger partial charge < -0.3 is 5.32 Å². The van der Waals surface area contributed by atoms with Crippen LogP contribution in [0.1, 0.15) is 32.6 Å². The first-order chi connectivity index (χ1) is 5.79. The van der Waals surface area contributed by atoms with Gasteiger partial charge in [0.15, 0.2) is 0 Å². The maximum atomic E-state index is 3.63. The summed E-state index contributed by atoms with van der Waals surface area (Å²) in [5.74, 6) is 0. The Bertz CT molecular complexity index is 157. The Kier molecular flexibility index (Phi) is 2.13. The molecule has 1 saturated carbocycles. The lowest BCUT2D eigenvalue weighted by Gasteiger charge is -2.32. The molecule has 1 N–H and O–H groups in total. The second-order valence-corrected chi connectivity index (χ2v) is 4.27. The van der Waals surface area contributed by atoms with Crippen LogP contribution >= 0.6 is 0 Å². The van der Waals surface area contributed by atoms with Crippen molar-refractivity contribution in [1.29, 1.82) is 0 Å². The van der Waals surface area contributed by atoms with Crippen molar-refractivity contribution in [3.8, 4) is 0 Å². The summed E-state index contributed by atoms with van der Waals surface area (Å²) in [4.78, 5) is 2.54. The highest BCUT2D eigenvalue weighted by molar-refractivity contribution is 5.11. The number of hydrogen-bond acceptors (Lipinski definition) is 2. The molecule has 2 aliphatic rings. The summed E-state index contributed by atoms with van der Waals surface area (Å²) in [5, 5.41) is 3.63. The third-order valence-electron chi connectivity index (χ3n) is 3.71. The minimum Gasteiger partial charge on any atom is -0.312 e. The van der Waals surface area contributed by atoms with Gasteiger partial charge in [0.05, 0.1) is 0 Å². The molecule has 0 bridgehead atoms. The van der Waals surface area contributed by atoms with E-state index in [0.29, 0.717) is 5.54 Å². The van der Waals surface area contributed by atoms with Crippen molar-refractivity contribution in [1.82, 2.24) is 10.2 Å². The van der Waals surface area contributed by atoms with Gasteiger partial charge in [-0.2, -0.15) is 0 Å². The second kappa shape index (κ2) is 3.00. The monoisotopic (exact) mass is 168 g/mol. The highest BCUT2D eigenvalue weighted by atomic mass is 15.2. The van der Waals surface area contributed by atoms with Gasteiger partial charge in [0.2, 0.25) is 0 Å². The fourth-order valence-electron chi connectivity index (χ4n) is 2.58. The largest absolute Gasteiger partial charge is 0.312 e. The molecule has 0 aromatic heterocycles. The lowest BCUT2D eigenvalue weighted by molar-refractivity contribution is 0.187. The SMILES string of the molecule is CCN(C)C1(C2CCCN2)CC1. The predicted molar refractivity (Wildman–Crippen MR) is 51.3 cm³/mol. The molecule has 0 radical (unpaired) electrons. The number of nitrogens with one attached hydrogen (secondary N) is 1. The average molecular weight is 168 g/mol. The minimum absolute atomic E-state index is 0.561. The quantitative estimate of drug-likeness (QED) is 0.681. The highest BCUT2D eigenvalue weighted by Gasteiger charge is 2.52. The van der Waals surface area contributed by atoms with Crippen LogP contribution in [0.15, 0.2) is 0 Å². The Morgan fingerprint density at radius 3 is 2.67 bits per heavy atom. The lowest BCUT2D eigenvalue weighted by Crippen LogP contribution is -2.48. The molecule has 1 saturated heterocycles. The van der Waals surface area contributed by atoms with Crippen molar-refractivity contribution in [3.05, 3.63) is 0 Å². The van der Waals surface area contributed by atoms with Crippen LogP contribution in [0.3, 0.4) is 0 Å². The van der Waals surface area contributed by atoms with Gasteiger partial charge in [-0.05, 0) is 45.8 Å². The van der Waals surface area contributed by atoms with E-state index < -0.39 is 0 Å². The first kappa shape index (κ1) is 8.52. The summed E-state index contributed by atoms with van der Waals surface area (Å²) >= 11 is 0. The van der Waals surface area contributed by atoms with Gasteiger partial charge in [0.1, 0.15) is 0 Å². The Morgan fingerprint density at radius 2 is 2.25 bits per heavy atom. The van der Waals surface area contributed by atoms with Crippen molar-refractivity contribution in [2.24, 2.45) is 0 Å². The molecule has 1 atom stereocenters. The van der Waals surface area contributed by atoms with Gasteiger partial charge in [-0.25, -0.2) is 0 Å². The number of rotatable bonds is 3. The molecule has 0 aromatic carbocycles. The van der Waals surface area contributed by atoms with Gasteiger partial charge >= 0.3 is 0 Å². The molecule has 12 heavy (non-hydrogen) atoms. The molecule has 0 aromatic rings. The van der Waals surface area contributed by atoms with Crippen LogP contribution in [0.25, 0.3) is 0 Å². The molecule has 2 rings (SSSR count). The van der Waals surface area contributed by atoms with Crippen LogP contribution < -0.4 is 5.32 Å². The maximum absolute atomic E-state index is 3.63. The minimum atomic E-state index is 0.561. The standard InChI is InChI=1S/C10H20N2/c1-3-12(2)10(6-7-10)9-5-4-8-11-9/h9,11H,3-8H2,1-2H3. The third kappa shape index (κ3) is 1.17. The maximum Gasteiger partial charge on any atom is 0.0360 e. The molecule has 70 valence electrons. The summed E-state index contributed by atoms with van der Waals surface area (Å²) in [7, 11) is 2.27. The molecule has 2 fully saturated rings. The van der Waals surface area contributed by atoms with E-state index in [4.69, 9.17) is 0 Å². The van der Waals surface area contributed by atoms with E-state index in [2.05, 4.69) is 24.2 Å². The first-order valence-corrected chi connectivity index (χ1v) is 5.24. The molecular formula is C10H20N2. The van der Waals surface area contributed by atoms with Crippen LogP contribution in [0.2, 0.25) is 0 Å². The molecule has 0 amide bonds. The summed E-state index contributed by atoms with van der Waals surface area (Å²) in [6.45, 7) is 4.69. The average Bonchev–Trinajstić information content (AvgIpc) is 2.73. The van der Waals surface area contributed by atoms with Crippen LogP contribution in [-0.4, -0.2) is 36.6 Å². The van der Waals surface area contributed by atoms with Crippen molar-refractivity contribution < 1.29 is 0 Å². The van der Waals surface area contributed by atoms with E-state index in [-0.39, 0.29) is 0 Å². The van der Waals surface area contributed by atoms with E-state index in [1.54, 1.807) is 0 Å². The van der Waals surface area contributed by atoms with Gasteiger partial charge in [-0.15, -0.1) is 0 Å². The first-order valence-electron chi connectivity index (χ1n) is 5.24. The summed E-state index contributed by atoms with van der Waals surface area (Å²) < 4.78 is 0. The highest BCUT2D eigenvalue weighted by Crippen LogP contribution is 2.46. The zero-order valence-electron chi connectivity index (χ0n) is 8.27. The molecule has 1 aliphatic heterocycles. The zero-order valence-corrected chi connectivity index (χ0v) is 8.27. The van der Waals surface area contributed by atoms with Crippen molar-refractivity contribution >= 4 is 0 Å². The van der Waals surface area contributed by atoms with Crippen LogP contribution in [0.5, 0.6) is 0 Å². The Labute approximate surface area is 75.3 Å². The fraction of sp³-hybridized carbons (Fsp3) is 1.00. The second-order valence-electron chi connectivity index (χ2n) is 4.27. The number of likely N-dealkylation sites (N-methyl/N-ethyl adjacent to an activating group) is 1. The van der Waals surface area contributed by atoms with E-state index in [0.717, 1.165) is 6.04 Å². The van der Waals surface area contributed by atoms with Crippen molar-refractivity contribution in [2.75, 3.05) is 20.1 Å². The van der Waals surface area contributed by atoms with Gasteiger partial charge in [-0.1, -0.05) is 6.92 Å². The summed E-state index contributed by atoms with van der Waals surface area (Å²) in [6.07, 6.45) is 5.60. The number of hydrogen-bond donors (Lipinski definition) is 1. The molecular weight excluding hydrogens is 148 g/mol. The molecule has 1 aliphatic carbocycles. The van der Waals surface area contributed by atoms with E-state index in [9.17, 15) is 0 Å². The van der Waals surface area contributed by atoms with Crippen LogP contribution in [0, 0.1) is 0 Å². The van der Waals surface area contributed by atoms with Gasteiger partial charge in [0, 0.05) is 11.6 Å². The van der Waals surface area contributed by atoms with Gasteiger partial charge in [0.25, 0.3) is 0 Å². The zero-order chi connectivity index (χ0) is 8.60. The molecule has 1 heterocycles. The smallest absolute Gasteiger partial charge is 0.0360 e. The summed E-state index contributed by atoms with van der Waals surface area (Å²) in [6, 6.07) is 0.794. The predicted octanol–water partition coefficient (Wildman–Crippen LogP) is 1.22. The normalized spacial score (nSPS) is 32.8. The Morgan fingerprint density at radius 1 is 1.50 bits per heavy atom. The fourth-order valence-corrected chi connectivity index (χ4v) is 2.58. The van der Waals surface area contributed by atoms with Crippen LogP contribution in [0.4, 0.5) is 0 Å². The topological polar surface area (TPSA) is 15.3 Å². The lowest BCUT2D eigenvalue weighted by atomic mass is 10.0. The van der Waals surface area contributed by atoms with E-state index in [1.165, 1.54) is 38.8 Å². The summed E-state index contributed by atoms with van der Waals surface area (Å²) in [5.41, 5.74) is 0.561.